The highest BCUT2D eigenvalue weighted by molar-refractivity contribution is 7.46. The van der Waals surface area contributed by atoms with Crippen molar-refractivity contribution in [3.63, 3.8) is 0 Å². The molecule has 0 spiro atoms. The van der Waals surface area contributed by atoms with E-state index in [1.54, 1.807) is 18.3 Å². The number of nitrogens with zero attached hydrogens (tertiary/aromatic N) is 5. The lowest BCUT2D eigenvalue weighted by Gasteiger charge is -2.35. The van der Waals surface area contributed by atoms with E-state index in [2.05, 4.69) is 32.0 Å². The minimum atomic E-state index is -4.76. The van der Waals surface area contributed by atoms with Gasteiger partial charge in [-0.1, -0.05) is 24.8 Å². The number of ketones is 1. The number of H-pyrrole nitrogens is 1. The zero-order chi connectivity index (χ0) is 27.6. The van der Waals surface area contributed by atoms with Crippen molar-refractivity contribution >= 4 is 42.0 Å². The Morgan fingerprint density at radius 2 is 1.97 bits per heavy atom. The first-order valence-electron chi connectivity index (χ1n) is 12.2. The van der Waals surface area contributed by atoms with Crippen LogP contribution in [-0.2, 0) is 15.8 Å². The Bertz CT molecular complexity index is 1580. The predicted molar refractivity (Wildman–Crippen MR) is 148 cm³/mol. The number of phosphoric ester groups is 1. The molecule has 3 heterocycles. The summed E-state index contributed by atoms with van der Waals surface area (Å²) in [6, 6.07) is 12.5. The third kappa shape index (κ3) is 6.32. The third-order valence-electron chi connectivity index (χ3n) is 6.39. The molecule has 0 amide bonds. The van der Waals surface area contributed by atoms with Gasteiger partial charge in [0.2, 0.25) is 5.95 Å². The minimum absolute atomic E-state index is 0.0759. The summed E-state index contributed by atoms with van der Waals surface area (Å²) in [5, 5.41) is 10.9. The summed E-state index contributed by atoms with van der Waals surface area (Å²) >= 11 is 0. The quantitative estimate of drug-likeness (QED) is 0.179. The standard InChI is InChI=1S/C26H28N7O5P/c1-3-20(34)14-17-5-4-6-18(13-17)24-21-16-27-31-25(21)30-26(29-24)28-19-7-8-23(38-39(35,36)37)22(15-19)33-11-9-32(2)10-12-33/h3-8,13,15-16H,1,9-12,14H2,2H3,(H2,35,36,37)(H2,27,28,29,30,31). The number of anilines is 3. The molecule has 1 aliphatic heterocycles. The van der Waals surface area contributed by atoms with Crippen molar-refractivity contribution in [2.24, 2.45) is 0 Å². The van der Waals surface area contributed by atoms with E-state index in [4.69, 9.17) is 9.51 Å². The Morgan fingerprint density at radius 1 is 1.18 bits per heavy atom. The van der Waals surface area contributed by atoms with Crippen molar-refractivity contribution in [1.29, 1.82) is 0 Å². The Morgan fingerprint density at radius 3 is 2.72 bits per heavy atom. The summed E-state index contributed by atoms with van der Waals surface area (Å²) < 4.78 is 16.6. The molecule has 1 fully saturated rings. The van der Waals surface area contributed by atoms with Crippen LogP contribution >= 0.6 is 7.82 Å². The zero-order valence-electron chi connectivity index (χ0n) is 21.2. The van der Waals surface area contributed by atoms with Crippen molar-refractivity contribution in [3.05, 3.63) is 66.9 Å². The first-order valence-corrected chi connectivity index (χ1v) is 13.8. The van der Waals surface area contributed by atoms with Gasteiger partial charge in [0.15, 0.2) is 17.2 Å². The van der Waals surface area contributed by atoms with Gasteiger partial charge in [0, 0.05) is 43.9 Å². The number of rotatable bonds is 9. The van der Waals surface area contributed by atoms with E-state index in [-0.39, 0.29) is 18.0 Å². The number of hydrogen-bond donors (Lipinski definition) is 4. The third-order valence-corrected chi connectivity index (χ3v) is 6.83. The van der Waals surface area contributed by atoms with Crippen LogP contribution in [0.1, 0.15) is 5.56 Å². The number of benzene rings is 2. The van der Waals surface area contributed by atoms with Crippen LogP contribution in [0, 0.1) is 0 Å². The summed E-state index contributed by atoms with van der Waals surface area (Å²) in [7, 11) is -2.73. The molecule has 0 radical (unpaired) electrons. The molecule has 2 aromatic carbocycles. The fourth-order valence-corrected chi connectivity index (χ4v) is 4.85. The van der Waals surface area contributed by atoms with Gasteiger partial charge in [-0.15, -0.1) is 0 Å². The predicted octanol–water partition coefficient (Wildman–Crippen LogP) is 3.28. The first-order chi connectivity index (χ1) is 18.7. The maximum Gasteiger partial charge on any atom is 0.524 e. The number of piperazine rings is 1. The Labute approximate surface area is 224 Å². The molecule has 12 nitrogen and oxygen atoms in total. The number of carbonyl (C=O) groups is 1. The Balaban J connectivity index is 1.50. The average molecular weight is 550 g/mol. The number of allylic oxidation sites excluding steroid dienone is 1. The van der Waals surface area contributed by atoms with Gasteiger partial charge < -0.3 is 19.6 Å². The summed E-state index contributed by atoms with van der Waals surface area (Å²) in [6.45, 7) is 6.48. The number of phosphoric acid groups is 1. The van der Waals surface area contributed by atoms with E-state index >= 15 is 0 Å². The summed E-state index contributed by atoms with van der Waals surface area (Å²) in [5.41, 5.74) is 3.95. The maximum atomic E-state index is 11.9. The molecule has 0 saturated carbocycles. The number of likely N-dealkylation sites (N-methyl/N-ethyl adjacent to an activating group) is 1. The van der Waals surface area contributed by atoms with Crippen molar-refractivity contribution in [3.8, 4) is 17.0 Å². The first kappa shape index (κ1) is 26.5. The Hall–Kier alpha value is -4.09. The highest BCUT2D eigenvalue weighted by atomic mass is 31.2. The molecule has 13 heteroatoms. The molecule has 202 valence electrons. The Kier molecular flexibility index (Phi) is 7.45. The molecular formula is C26H28N7O5P. The largest absolute Gasteiger partial charge is 0.524 e. The zero-order valence-corrected chi connectivity index (χ0v) is 22.1. The van der Waals surface area contributed by atoms with Crippen LogP contribution in [-0.4, -0.2) is 73.9 Å². The summed E-state index contributed by atoms with van der Waals surface area (Å²) in [6.07, 6.45) is 3.19. The van der Waals surface area contributed by atoms with Gasteiger partial charge >= 0.3 is 7.82 Å². The monoisotopic (exact) mass is 549 g/mol. The summed E-state index contributed by atoms with van der Waals surface area (Å²) in [4.78, 5) is 44.3. The van der Waals surface area contributed by atoms with Crippen molar-refractivity contribution in [2.75, 3.05) is 43.4 Å². The summed E-state index contributed by atoms with van der Waals surface area (Å²) in [5.74, 6) is 0.310. The van der Waals surface area contributed by atoms with Gasteiger partial charge in [0.1, 0.15) is 0 Å². The van der Waals surface area contributed by atoms with Gasteiger partial charge in [0.05, 0.1) is 23.0 Å². The van der Waals surface area contributed by atoms with Gasteiger partial charge in [-0.3, -0.25) is 19.7 Å². The molecule has 0 atom stereocenters. The van der Waals surface area contributed by atoms with E-state index < -0.39 is 7.82 Å². The smallest absolute Gasteiger partial charge is 0.402 e. The molecule has 2 aromatic heterocycles. The molecule has 4 N–H and O–H groups in total. The topological polar surface area (TPSA) is 157 Å². The highest BCUT2D eigenvalue weighted by Crippen LogP contribution is 2.43. The highest BCUT2D eigenvalue weighted by Gasteiger charge is 2.24. The van der Waals surface area contributed by atoms with E-state index in [0.29, 0.717) is 41.8 Å². The lowest BCUT2D eigenvalue weighted by molar-refractivity contribution is -0.114. The van der Waals surface area contributed by atoms with Crippen LogP contribution in [0.3, 0.4) is 0 Å². The number of nitrogens with one attached hydrogen (secondary N) is 2. The van der Waals surface area contributed by atoms with E-state index in [1.165, 1.54) is 12.1 Å². The second kappa shape index (κ2) is 11.0. The number of carbonyl (C=O) groups excluding carboxylic acids is 1. The number of aromatic amines is 1. The normalized spacial score (nSPS) is 14.4. The van der Waals surface area contributed by atoms with Gasteiger partial charge in [-0.25, -0.2) is 9.55 Å². The van der Waals surface area contributed by atoms with Crippen LogP contribution in [0.4, 0.5) is 17.3 Å². The minimum Gasteiger partial charge on any atom is -0.402 e. The molecule has 1 saturated heterocycles. The molecule has 0 aliphatic carbocycles. The van der Waals surface area contributed by atoms with Crippen LogP contribution in [0.15, 0.2) is 61.3 Å². The van der Waals surface area contributed by atoms with Crippen molar-refractivity contribution in [1.82, 2.24) is 25.1 Å². The second-order valence-corrected chi connectivity index (χ2v) is 10.4. The number of aromatic nitrogens is 4. The molecule has 4 aromatic rings. The van der Waals surface area contributed by atoms with Crippen LogP contribution in [0.25, 0.3) is 22.3 Å². The average Bonchev–Trinajstić information content (AvgIpc) is 3.38. The molecule has 0 bridgehead atoms. The van der Waals surface area contributed by atoms with E-state index in [1.807, 2.05) is 36.2 Å². The molecular weight excluding hydrogens is 521 g/mol. The van der Waals surface area contributed by atoms with Crippen molar-refractivity contribution in [2.45, 2.75) is 6.42 Å². The lowest BCUT2D eigenvalue weighted by Crippen LogP contribution is -2.44. The number of fused-ring (bicyclic) bond motifs is 1. The van der Waals surface area contributed by atoms with E-state index in [0.717, 1.165) is 29.6 Å². The van der Waals surface area contributed by atoms with Crippen molar-refractivity contribution < 1.29 is 23.7 Å². The van der Waals surface area contributed by atoms with E-state index in [9.17, 15) is 19.1 Å². The van der Waals surface area contributed by atoms with Crippen LogP contribution in [0.2, 0.25) is 0 Å². The van der Waals surface area contributed by atoms with Crippen LogP contribution < -0.4 is 14.7 Å². The van der Waals surface area contributed by atoms with Gasteiger partial charge in [0.25, 0.3) is 0 Å². The second-order valence-electron chi connectivity index (χ2n) is 9.26. The van der Waals surface area contributed by atoms with Gasteiger partial charge in [-0.05, 0) is 43.0 Å². The fraction of sp³-hybridized carbons (Fsp3) is 0.231. The van der Waals surface area contributed by atoms with Crippen LogP contribution in [0.5, 0.6) is 5.75 Å². The molecule has 5 rings (SSSR count). The lowest BCUT2D eigenvalue weighted by atomic mass is 10.0. The SMILES string of the molecule is C=CC(=O)Cc1cccc(-c2nc(Nc3ccc(OP(=O)(O)O)c(N4CCN(C)CC4)c3)nc3[nH]ncc23)c1. The number of hydrogen-bond acceptors (Lipinski definition) is 9. The van der Waals surface area contributed by atoms with Gasteiger partial charge in [-0.2, -0.15) is 10.1 Å². The maximum absolute atomic E-state index is 11.9. The fourth-order valence-electron chi connectivity index (χ4n) is 4.44. The molecule has 1 aliphatic rings. The molecule has 0 unspecified atom stereocenters. The molecule has 39 heavy (non-hydrogen) atoms.